The Morgan fingerprint density at radius 2 is 2.19 bits per heavy atom. The molecular formula is C17H23ClN4O4. The van der Waals surface area contributed by atoms with Gasteiger partial charge in [0.25, 0.3) is 5.91 Å². The van der Waals surface area contributed by atoms with Gasteiger partial charge in [0, 0.05) is 31.4 Å². The highest BCUT2D eigenvalue weighted by atomic mass is 35.5. The van der Waals surface area contributed by atoms with E-state index in [-0.39, 0.29) is 12.1 Å². The van der Waals surface area contributed by atoms with Gasteiger partial charge in [-0.25, -0.2) is 15.3 Å². The van der Waals surface area contributed by atoms with E-state index in [1.807, 2.05) is 20.8 Å². The highest BCUT2D eigenvalue weighted by Crippen LogP contribution is 2.24. The topological polar surface area (TPSA) is 104 Å². The summed E-state index contributed by atoms with van der Waals surface area (Å²) in [6.07, 6.45) is 4.62. The first-order valence-corrected chi connectivity index (χ1v) is 8.58. The third-order valence-electron chi connectivity index (χ3n) is 3.58. The fraction of sp³-hybridized carbons (Fsp3) is 0.471. The number of pyridine rings is 1. The molecule has 26 heavy (non-hydrogen) atoms. The predicted molar refractivity (Wildman–Crippen MR) is 98.0 cm³/mol. The second-order valence-electron chi connectivity index (χ2n) is 6.96. The van der Waals surface area contributed by atoms with Crippen molar-refractivity contribution in [1.82, 2.24) is 15.4 Å². The van der Waals surface area contributed by atoms with E-state index < -0.39 is 11.5 Å². The van der Waals surface area contributed by atoms with E-state index in [2.05, 4.69) is 10.3 Å². The summed E-state index contributed by atoms with van der Waals surface area (Å²) in [6, 6.07) is 1.67. The number of carbonyl (C=O) groups excluding carboxylic acids is 2. The summed E-state index contributed by atoms with van der Waals surface area (Å²) in [6.45, 7) is 6.61. The SMILES string of the molecule is CC(C)(C)OC(=O)N1CC[C@@H](Nc2ncc(C=CC(=O)NO)cc2Cl)C1. The van der Waals surface area contributed by atoms with E-state index in [0.29, 0.717) is 29.5 Å². The number of hydrogen-bond donors (Lipinski definition) is 3. The van der Waals surface area contributed by atoms with Crippen LogP contribution in [0.5, 0.6) is 0 Å². The van der Waals surface area contributed by atoms with E-state index in [1.54, 1.807) is 17.2 Å². The van der Waals surface area contributed by atoms with Crippen LogP contribution in [0.15, 0.2) is 18.3 Å². The van der Waals surface area contributed by atoms with Gasteiger partial charge in [0.1, 0.15) is 11.4 Å². The van der Waals surface area contributed by atoms with Gasteiger partial charge in [-0.3, -0.25) is 10.0 Å². The summed E-state index contributed by atoms with van der Waals surface area (Å²) >= 11 is 6.23. The van der Waals surface area contributed by atoms with E-state index in [9.17, 15) is 9.59 Å². The van der Waals surface area contributed by atoms with Gasteiger partial charge >= 0.3 is 6.09 Å². The van der Waals surface area contributed by atoms with Crippen molar-refractivity contribution in [1.29, 1.82) is 0 Å². The number of halogens is 1. The zero-order valence-electron chi connectivity index (χ0n) is 15.0. The lowest BCUT2D eigenvalue weighted by molar-refractivity contribution is -0.124. The fourth-order valence-electron chi connectivity index (χ4n) is 2.42. The predicted octanol–water partition coefficient (Wildman–Crippen LogP) is 2.67. The normalized spacial score (nSPS) is 17.4. The van der Waals surface area contributed by atoms with Crippen LogP contribution in [0.4, 0.5) is 10.6 Å². The number of likely N-dealkylation sites (tertiary alicyclic amines) is 1. The lowest BCUT2D eigenvalue weighted by Gasteiger charge is -2.24. The number of amides is 2. The molecular weight excluding hydrogens is 360 g/mol. The van der Waals surface area contributed by atoms with Gasteiger partial charge in [-0.2, -0.15) is 0 Å². The second-order valence-corrected chi connectivity index (χ2v) is 7.37. The van der Waals surface area contributed by atoms with Crippen LogP contribution >= 0.6 is 11.6 Å². The molecule has 9 heteroatoms. The number of anilines is 1. The average Bonchev–Trinajstić information content (AvgIpc) is 3.02. The summed E-state index contributed by atoms with van der Waals surface area (Å²) in [5.41, 5.74) is 1.60. The molecule has 1 aliphatic rings. The van der Waals surface area contributed by atoms with Crippen LogP contribution in [0.3, 0.4) is 0 Å². The highest BCUT2D eigenvalue weighted by Gasteiger charge is 2.30. The first kappa shape index (κ1) is 20.0. The van der Waals surface area contributed by atoms with Crippen molar-refractivity contribution in [2.45, 2.75) is 38.8 Å². The Morgan fingerprint density at radius 1 is 1.46 bits per heavy atom. The largest absolute Gasteiger partial charge is 0.444 e. The second kappa shape index (κ2) is 8.37. The number of hydrogen-bond acceptors (Lipinski definition) is 6. The Morgan fingerprint density at radius 3 is 2.81 bits per heavy atom. The van der Waals surface area contributed by atoms with Crippen molar-refractivity contribution in [3.05, 3.63) is 28.9 Å². The summed E-state index contributed by atoms with van der Waals surface area (Å²) in [4.78, 5) is 29.0. The van der Waals surface area contributed by atoms with Crippen LogP contribution in [0, 0.1) is 0 Å². The van der Waals surface area contributed by atoms with Crippen molar-refractivity contribution in [3.63, 3.8) is 0 Å². The first-order valence-electron chi connectivity index (χ1n) is 8.20. The molecule has 0 unspecified atom stereocenters. The number of aromatic nitrogens is 1. The monoisotopic (exact) mass is 382 g/mol. The zero-order chi connectivity index (χ0) is 19.3. The summed E-state index contributed by atoms with van der Waals surface area (Å²) < 4.78 is 5.37. The molecule has 0 saturated carbocycles. The molecule has 1 aromatic rings. The molecule has 0 spiro atoms. The van der Waals surface area contributed by atoms with Crippen molar-refractivity contribution >= 4 is 35.5 Å². The average molecular weight is 383 g/mol. The maximum atomic E-state index is 12.1. The minimum atomic E-state index is -0.642. The van der Waals surface area contributed by atoms with Gasteiger partial charge in [-0.05, 0) is 44.9 Å². The van der Waals surface area contributed by atoms with Crippen LogP contribution in [0.1, 0.15) is 32.8 Å². The Balaban J connectivity index is 1.94. The number of rotatable bonds is 4. The van der Waals surface area contributed by atoms with Crippen LogP contribution in [0.2, 0.25) is 5.02 Å². The molecule has 1 aromatic heterocycles. The maximum absolute atomic E-state index is 12.1. The number of carbonyl (C=O) groups is 2. The molecule has 0 radical (unpaired) electrons. The number of nitrogens with one attached hydrogen (secondary N) is 2. The lowest BCUT2D eigenvalue weighted by Crippen LogP contribution is -2.36. The van der Waals surface area contributed by atoms with Gasteiger partial charge in [0.15, 0.2) is 0 Å². The molecule has 2 heterocycles. The lowest BCUT2D eigenvalue weighted by atomic mass is 10.2. The van der Waals surface area contributed by atoms with Crippen molar-refractivity contribution < 1.29 is 19.5 Å². The van der Waals surface area contributed by atoms with Crippen molar-refractivity contribution in [2.24, 2.45) is 0 Å². The van der Waals surface area contributed by atoms with Gasteiger partial charge in [-0.1, -0.05) is 11.6 Å². The van der Waals surface area contributed by atoms with E-state index in [1.165, 1.54) is 11.6 Å². The summed E-state index contributed by atoms with van der Waals surface area (Å²) in [7, 11) is 0. The third kappa shape index (κ3) is 5.89. The molecule has 1 aliphatic heterocycles. The van der Waals surface area contributed by atoms with Crippen LogP contribution in [0.25, 0.3) is 6.08 Å². The molecule has 3 N–H and O–H groups in total. The quantitative estimate of drug-likeness (QED) is 0.420. The molecule has 8 nitrogen and oxygen atoms in total. The highest BCUT2D eigenvalue weighted by molar-refractivity contribution is 6.33. The Hall–Kier alpha value is -2.32. The Bertz CT molecular complexity index is 702. The number of nitrogens with zero attached hydrogens (tertiary/aromatic N) is 2. The molecule has 2 rings (SSSR count). The number of ether oxygens (including phenoxy) is 1. The van der Waals surface area contributed by atoms with Crippen molar-refractivity contribution in [3.8, 4) is 0 Å². The van der Waals surface area contributed by atoms with E-state index in [4.69, 9.17) is 21.5 Å². The van der Waals surface area contributed by atoms with Crippen molar-refractivity contribution in [2.75, 3.05) is 18.4 Å². The van der Waals surface area contributed by atoms with E-state index in [0.717, 1.165) is 12.5 Å². The minimum absolute atomic E-state index is 0.0223. The third-order valence-corrected chi connectivity index (χ3v) is 3.87. The van der Waals surface area contributed by atoms with Gasteiger partial charge in [0.05, 0.1) is 5.02 Å². The minimum Gasteiger partial charge on any atom is -0.444 e. The molecule has 0 aromatic carbocycles. The summed E-state index contributed by atoms with van der Waals surface area (Å²) in [5.74, 6) is -0.136. The van der Waals surface area contributed by atoms with Crippen LogP contribution < -0.4 is 10.8 Å². The summed E-state index contributed by atoms with van der Waals surface area (Å²) in [5, 5.41) is 12.1. The molecule has 0 bridgehead atoms. The molecule has 1 saturated heterocycles. The molecule has 1 atom stereocenters. The Kier molecular flexibility index (Phi) is 6.44. The molecule has 142 valence electrons. The first-order chi connectivity index (χ1) is 12.2. The van der Waals surface area contributed by atoms with Gasteiger partial charge < -0.3 is 15.0 Å². The molecule has 1 fully saturated rings. The number of hydroxylamine groups is 1. The zero-order valence-corrected chi connectivity index (χ0v) is 15.7. The standard InChI is InChI=1S/C17H23ClN4O4/c1-17(2,3)26-16(24)22-7-6-12(10-22)20-15-13(18)8-11(9-19-15)4-5-14(23)21-25/h4-5,8-9,12,25H,6-7,10H2,1-3H3,(H,19,20)(H,21,23)/t12-/m1/s1. The fourth-order valence-corrected chi connectivity index (χ4v) is 2.65. The molecule has 0 aliphatic carbocycles. The smallest absolute Gasteiger partial charge is 0.410 e. The van der Waals surface area contributed by atoms with Crippen LogP contribution in [-0.4, -0.2) is 51.8 Å². The maximum Gasteiger partial charge on any atom is 0.410 e. The van der Waals surface area contributed by atoms with Crippen LogP contribution in [-0.2, 0) is 9.53 Å². The van der Waals surface area contributed by atoms with E-state index >= 15 is 0 Å². The molecule has 2 amide bonds. The Labute approximate surface area is 157 Å². The van der Waals surface area contributed by atoms with Gasteiger partial charge in [-0.15, -0.1) is 0 Å². The van der Waals surface area contributed by atoms with Gasteiger partial charge in [0.2, 0.25) is 0 Å².